The van der Waals surface area contributed by atoms with Crippen molar-refractivity contribution in [3.8, 4) is 0 Å². The summed E-state index contributed by atoms with van der Waals surface area (Å²) in [4.78, 5) is 11.5. The molecular formula is C29H34BrN2O2+. The van der Waals surface area contributed by atoms with Crippen LogP contribution in [0, 0.1) is 0 Å². The summed E-state index contributed by atoms with van der Waals surface area (Å²) < 4.78 is 1.79. The van der Waals surface area contributed by atoms with Crippen LogP contribution < -0.4 is 5.73 Å². The molecule has 0 bridgehead atoms. The molecule has 3 aromatic rings. The molecule has 0 aliphatic carbocycles. The molecule has 3 aromatic carbocycles. The third-order valence-electron chi connectivity index (χ3n) is 7.58. The van der Waals surface area contributed by atoms with Crippen LogP contribution in [-0.4, -0.2) is 35.1 Å². The van der Waals surface area contributed by atoms with Crippen LogP contribution in [0.25, 0.3) is 0 Å². The van der Waals surface area contributed by atoms with Crippen LogP contribution in [-0.2, 0) is 10.4 Å². The zero-order valence-corrected chi connectivity index (χ0v) is 21.3. The highest BCUT2D eigenvalue weighted by molar-refractivity contribution is 9.10. The van der Waals surface area contributed by atoms with Crippen molar-refractivity contribution in [2.45, 2.75) is 49.8 Å². The number of halogens is 1. The van der Waals surface area contributed by atoms with E-state index in [9.17, 15) is 9.90 Å². The van der Waals surface area contributed by atoms with Gasteiger partial charge in [0.2, 0.25) is 5.91 Å². The van der Waals surface area contributed by atoms with Crippen molar-refractivity contribution < 1.29 is 14.4 Å². The lowest BCUT2D eigenvalue weighted by atomic mass is 9.76. The second kappa shape index (κ2) is 10.4. The Hall–Kier alpha value is -2.47. The van der Waals surface area contributed by atoms with Crippen molar-refractivity contribution in [1.29, 1.82) is 0 Å². The smallest absolute Gasteiger partial charge is 0.217 e. The van der Waals surface area contributed by atoms with Crippen LogP contribution in [0.3, 0.4) is 0 Å². The summed E-state index contributed by atoms with van der Waals surface area (Å²) in [5.74, 6) is -0.268. The number of nitrogens with zero attached hydrogens (tertiary/aromatic N) is 1. The molecule has 0 radical (unpaired) electrons. The van der Waals surface area contributed by atoms with Gasteiger partial charge in [0.15, 0.2) is 0 Å². The first-order chi connectivity index (χ1) is 16.3. The predicted molar refractivity (Wildman–Crippen MR) is 140 cm³/mol. The van der Waals surface area contributed by atoms with E-state index in [2.05, 4.69) is 83.6 Å². The van der Waals surface area contributed by atoms with Gasteiger partial charge in [-0.3, -0.25) is 4.79 Å². The van der Waals surface area contributed by atoms with E-state index < -0.39 is 5.60 Å². The molecule has 34 heavy (non-hydrogen) atoms. The van der Waals surface area contributed by atoms with Crippen LogP contribution >= 0.6 is 15.9 Å². The molecule has 3 unspecified atom stereocenters. The summed E-state index contributed by atoms with van der Waals surface area (Å²) in [6.07, 6.45) is 3.23. The largest absolute Gasteiger partial charge is 0.385 e. The van der Waals surface area contributed by atoms with Gasteiger partial charge in [-0.2, -0.15) is 0 Å². The summed E-state index contributed by atoms with van der Waals surface area (Å²) in [5.41, 5.74) is 8.08. The number of piperidine rings is 1. The SMILES string of the molecule is C[N+]1(C(c2ccccc2)c2ccccc2)CCC(O)(c2ccc(Br)cc2)CC1CCCC(N)=O. The first kappa shape index (κ1) is 24.6. The van der Waals surface area contributed by atoms with Gasteiger partial charge < -0.3 is 15.3 Å². The van der Waals surface area contributed by atoms with Gasteiger partial charge in [-0.15, -0.1) is 0 Å². The second-order valence-electron chi connectivity index (χ2n) is 9.80. The van der Waals surface area contributed by atoms with Gasteiger partial charge in [0.25, 0.3) is 0 Å². The van der Waals surface area contributed by atoms with E-state index >= 15 is 0 Å². The highest BCUT2D eigenvalue weighted by Crippen LogP contribution is 2.47. The Kier molecular flexibility index (Phi) is 7.56. The quantitative estimate of drug-likeness (QED) is 0.374. The maximum absolute atomic E-state index is 11.9. The fourth-order valence-corrected chi connectivity index (χ4v) is 5.99. The maximum atomic E-state index is 11.9. The van der Waals surface area contributed by atoms with Gasteiger partial charge in [0.1, 0.15) is 11.6 Å². The summed E-state index contributed by atoms with van der Waals surface area (Å²) in [7, 11) is 2.32. The van der Waals surface area contributed by atoms with Crippen LogP contribution in [0.1, 0.15) is 54.8 Å². The van der Waals surface area contributed by atoms with Gasteiger partial charge in [0.05, 0.1) is 19.6 Å². The Morgan fingerprint density at radius 3 is 2.12 bits per heavy atom. The van der Waals surface area contributed by atoms with E-state index in [4.69, 9.17) is 5.73 Å². The molecule has 1 aliphatic heterocycles. The van der Waals surface area contributed by atoms with Crippen molar-refractivity contribution in [2.24, 2.45) is 5.73 Å². The Morgan fingerprint density at radius 1 is 1.03 bits per heavy atom. The van der Waals surface area contributed by atoms with Crippen molar-refractivity contribution in [3.05, 3.63) is 106 Å². The molecule has 4 rings (SSSR count). The van der Waals surface area contributed by atoms with Gasteiger partial charge in [-0.25, -0.2) is 0 Å². The Bertz CT molecular complexity index is 1050. The zero-order valence-electron chi connectivity index (χ0n) is 19.7. The van der Waals surface area contributed by atoms with E-state index in [0.29, 0.717) is 19.3 Å². The van der Waals surface area contributed by atoms with Crippen molar-refractivity contribution in [2.75, 3.05) is 13.6 Å². The normalized spacial score (nSPS) is 24.8. The minimum Gasteiger partial charge on any atom is -0.385 e. The molecular weight excluding hydrogens is 488 g/mol. The van der Waals surface area contributed by atoms with Gasteiger partial charge in [0, 0.05) is 41.3 Å². The third-order valence-corrected chi connectivity index (χ3v) is 8.11. The fourth-order valence-electron chi connectivity index (χ4n) is 5.72. The first-order valence-electron chi connectivity index (χ1n) is 12.0. The third kappa shape index (κ3) is 5.27. The summed E-state index contributed by atoms with van der Waals surface area (Å²) in [5, 5.41) is 11.9. The molecule has 0 aromatic heterocycles. The molecule has 3 N–H and O–H groups in total. The summed E-state index contributed by atoms with van der Waals surface area (Å²) in [6.45, 7) is 0.822. The number of hydrogen-bond acceptors (Lipinski definition) is 2. The Morgan fingerprint density at radius 2 is 1.59 bits per heavy atom. The lowest BCUT2D eigenvalue weighted by Gasteiger charge is -2.54. The molecule has 0 saturated carbocycles. The van der Waals surface area contributed by atoms with Gasteiger partial charge in [-0.05, 0) is 24.1 Å². The lowest BCUT2D eigenvalue weighted by Crippen LogP contribution is -2.61. The number of benzene rings is 3. The number of likely N-dealkylation sites (tertiary alicyclic amines) is 1. The monoisotopic (exact) mass is 521 g/mol. The molecule has 3 atom stereocenters. The standard InChI is InChI=1S/C29H33BrN2O2/c1-32(28(22-9-4-2-5-10-22)23-11-6-3-7-12-23)20-19-29(34,24-15-17-25(30)18-16-24)21-26(32)13-8-14-27(31)33/h2-7,9-12,15-18,26,28,34H,8,13-14,19-21H2,1H3,(H-,31,33)/p+1. The molecule has 1 heterocycles. The van der Waals surface area contributed by atoms with Crippen molar-refractivity contribution >= 4 is 21.8 Å². The maximum Gasteiger partial charge on any atom is 0.217 e. The number of carbonyl (C=O) groups is 1. The van der Waals surface area contributed by atoms with Crippen LogP contribution in [0.15, 0.2) is 89.4 Å². The van der Waals surface area contributed by atoms with Crippen LogP contribution in [0.2, 0.25) is 0 Å². The van der Waals surface area contributed by atoms with E-state index in [0.717, 1.165) is 33.9 Å². The van der Waals surface area contributed by atoms with Crippen LogP contribution in [0.4, 0.5) is 0 Å². The van der Waals surface area contributed by atoms with Crippen LogP contribution in [0.5, 0.6) is 0 Å². The average molecular weight is 523 g/mol. The Labute approximate surface area is 211 Å². The first-order valence-corrected chi connectivity index (χ1v) is 12.8. The molecule has 0 spiro atoms. The lowest BCUT2D eigenvalue weighted by molar-refractivity contribution is -0.964. The summed E-state index contributed by atoms with van der Waals surface area (Å²) >= 11 is 3.51. The number of quaternary nitrogens is 1. The van der Waals surface area contributed by atoms with Crippen molar-refractivity contribution in [3.63, 3.8) is 0 Å². The topological polar surface area (TPSA) is 63.3 Å². The highest BCUT2D eigenvalue weighted by Gasteiger charge is 2.51. The number of nitrogens with two attached hydrogens (primary N) is 1. The molecule has 178 valence electrons. The predicted octanol–water partition coefficient (Wildman–Crippen LogP) is 5.69. The molecule has 1 aliphatic rings. The molecule has 4 nitrogen and oxygen atoms in total. The number of rotatable bonds is 8. The van der Waals surface area contributed by atoms with Gasteiger partial charge in [-0.1, -0.05) is 88.7 Å². The molecule has 5 heteroatoms. The number of primary amides is 1. The number of hydrogen-bond donors (Lipinski definition) is 2. The molecule has 1 saturated heterocycles. The summed E-state index contributed by atoms with van der Waals surface area (Å²) in [6, 6.07) is 29.6. The Balaban J connectivity index is 1.74. The zero-order chi connectivity index (χ0) is 24.2. The number of carbonyl (C=O) groups excluding carboxylic acids is 1. The van der Waals surface area contributed by atoms with E-state index in [-0.39, 0.29) is 18.0 Å². The van der Waals surface area contributed by atoms with Crippen molar-refractivity contribution in [1.82, 2.24) is 0 Å². The minimum absolute atomic E-state index is 0.135. The second-order valence-corrected chi connectivity index (χ2v) is 10.7. The minimum atomic E-state index is -0.895. The average Bonchev–Trinajstić information content (AvgIpc) is 2.83. The highest BCUT2D eigenvalue weighted by atomic mass is 79.9. The van der Waals surface area contributed by atoms with Gasteiger partial charge >= 0.3 is 0 Å². The molecule has 1 fully saturated rings. The molecule has 1 amide bonds. The number of amides is 1. The number of aliphatic hydroxyl groups is 1. The fraction of sp³-hybridized carbons (Fsp3) is 0.345. The van der Waals surface area contributed by atoms with E-state index in [1.807, 2.05) is 24.3 Å². The van der Waals surface area contributed by atoms with E-state index in [1.54, 1.807) is 0 Å². The van der Waals surface area contributed by atoms with E-state index in [1.165, 1.54) is 11.1 Å².